The summed E-state index contributed by atoms with van der Waals surface area (Å²) in [7, 11) is 0. The normalized spacial score (nSPS) is 22.0. The van der Waals surface area contributed by atoms with Crippen LogP contribution in [-0.2, 0) is 34.7 Å². The number of fused-ring (bicyclic) bond motifs is 5. The predicted molar refractivity (Wildman–Crippen MR) is 140 cm³/mol. The molecule has 2 aliphatic heterocycles. The van der Waals surface area contributed by atoms with Crippen molar-refractivity contribution in [3.05, 3.63) is 60.9 Å². The second kappa shape index (κ2) is 8.11. The Balaban J connectivity index is 1.63. The molecule has 0 spiro atoms. The Labute approximate surface area is 219 Å². The molecule has 4 heterocycles. The van der Waals surface area contributed by atoms with Crippen LogP contribution in [0.25, 0.3) is 22.3 Å². The lowest BCUT2D eigenvalue weighted by Crippen LogP contribution is -2.44. The Kier molecular flexibility index (Phi) is 5.38. The number of carbonyl (C=O) groups excluding carboxylic acids is 1. The van der Waals surface area contributed by atoms with Gasteiger partial charge in [0.05, 0.1) is 34.6 Å². The summed E-state index contributed by atoms with van der Waals surface area (Å²) in [6, 6.07) is 3.56. The second-order valence-corrected chi connectivity index (χ2v) is 11.5. The Morgan fingerprint density at radius 3 is 2.73 bits per heavy atom. The topological polar surface area (TPSA) is 114 Å². The Morgan fingerprint density at radius 1 is 1.27 bits per heavy atom. The SMILES string of the molecule is CC[C@@]1(O)C(=O)OCc2c1cc1n(c2=O)Cc2c-1nc1cc(Cl)c(C)c3c1c2[C@H](NCC(C)(C)O)CC3. The van der Waals surface area contributed by atoms with E-state index in [1.54, 1.807) is 31.4 Å². The van der Waals surface area contributed by atoms with Crippen molar-refractivity contribution in [2.45, 2.75) is 77.4 Å². The standard InChI is InChI=1S/C28H30ClN3O5/c1-5-28(36)17-8-21-24-15(10-32(21)25(33)16(17)11-37-26(28)34)23-19(30-12-27(3,4)35)7-6-14-13(2)18(29)9-20(31-24)22(14)23/h8-9,19,30,35-36H,5-7,10-12H2,1-4H3/t19-,28+/m1/s1. The number of aryl methyl sites for hydroxylation is 1. The van der Waals surface area contributed by atoms with Crippen LogP contribution in [-0.4, -0.2) is 37.9 Å². The van der Waals surface area contributed by atoms with E-state index in [1.807, 2.05) is 13.0 Å². The fourth-order valence-electron chi connectivity index (χ4n) is 6.13. The van der Waals surface area contributed by atoms with E-state index >= 15 is 0 Å². The number of esters is 1. The fraction of sp³-hybridized carbons (Fsp3) is 0.464. The highest BCUT2D eigenvalue weighted by molar-refractivity contribution is 6.32. The molecule has 194 valence electrons. The molecule has 8 nitrogen and oxygen atoms in total. The Hall–Kier alpha value is -2.78. The number of pyridine rings is 2. The summed E-state index contributed by atoms with van der Waals surface area (Å²) >= 11 is 6.62. The van der Waals surface area contributed by atoms with Gasteiger partial charge in [0.1, 0.15) is 6.61 Å². The summed E-state index contributed by atoms with van der Waals surface area (Å²) < 4.78 is 6.87. The third-order valence-electron chi connectivity index (χ3n) is 8.16. The molecule has 0 radical (unpaired) electrons. The average molecular weight is 524 g/mol. The lowest BCUT2D eigenvalue weighted by Gasteiger charge is -2.32. The Morgan fingerprint density at radius 2 is 2.03 bits per heavy atom. The molecule has 6 rings (SSSR count). The van der Waals surface area contributed by atoms with E-state index in [0.29, 0.717) is 40.6 Å². The molecule has 37 heavy (non-hydrogen) atoms. The summed E-state index contributed by atoms with van der Waals surface area (Å²) in [5.41, 5.74) is 3.74. The summed E-state index contributed by atoms with van der Waals surface area (Å²) in [6.45, 7) is 7.82. The van der Waals surface area contributed by atoms with Crippen LogP contribution in [0.5, 0.6) is 0 Å². The van der Waals surface area contributed by atoms with Crippen LogP contribution in [0.15, 0.2) is 16.9 Å². The molecule has 1 aromatic carbocycles. The molecule has 1 aliphatic carbocycles. The van der Waals surface area contributed by atoms with E-state index in [9.17, 15) is 19.8 Å². The molecule has 0 amide bonds. The van der Waals surface area contributed by atoms with Gasteiger partial charge in [0.2, 0.25) is 0 Å². The van der Waals surface area contributed by atoms with Crippen molar-refractivity contribution in [2.75, 3.05) is 6.54 Å². The van der Waals surface area contributed by atoms with Gasteiger partial charge in [0, 0.05) is 34.1 Å². The van der Waals surface area contributed by atoms with E-state index in [1.165, 1.54) is 0 Å². The smallest absolute Gasteiger partial charge is 0.343 e. The lowest BCUT2D eigenvalue weighted by molar-refractivity contribution is -0.172. The van der Waals surface area contributed by atoms with Crippen LogP contribution < -0.4 is 10.9 Å². The van der Waals surface area contributed by atoms with Crippen molar-refractivity contribution in [3.63, 3.8) is 0 Å². The number of halogens is 1. The number of rotatable bonds is 4. The number of benzene rings is 1. The van der Waals surface area contributed by atoms with Gasteiger partial charge in [0.15, 0.2) is 5.60 Å². The third-order valence-corrected chi connectivity index (χ3v) is 8.55. The van der Waals surface area contributed by atoms with E-state index < -0.39 is 17.2 Å². The molecular weight excluding hydrogens is 494 g/mol. The zero-order valence-corrected chi connectivity index (χ0v) is 22.1. The van der Waals surface area contributed by atoms with Gasteiger partial charge in [-0.1, -0.05) is 18.5 Å². The number of cyclic esters (lactones) is 1. The average Bonchev–Trinajstić information content (AvgIpc) is 3.22. The number of aromatic nitrogens is 2. The number of aliphatic hydroxyl groups is 2. The van der Waals surface area contributed by atoms with Gasteiger partial charge in [-0.25, -0.2) is 9.78 Å². The first kappa shape index (κ1) is 24.6. The van der Waals surface area contributed by atoms with Crippen molar-refractivity contribution in [1.29, 1.82) is 0 Å². The maximum absolute atomic E-state index is 13.7. The molecule has 0 fully saturated rings. The monoisotopic (exact) mass is 523 g/mol. The lowest BCUT2D eigenvalue weighted by atomic mass is 9.81. The van der Waals surface area contributed by atoms with Crippen LogP contribution in [0.2, 0.25) is 5.02 Å². The number of carbonyl (C=O) groups is 1. The van der Waals surface area contributed by atoms with Gasteiger partial charge in [-0.05, 0) is 68.9 Å². The van der Waals surface area contributed by atoms with Crippen LogP contribution in [0.3, 0.4) is 0 Å². The molecule has 0 saturated heterocycles. The quantitative estimate of drug-likeness (QED) is 0.351. The maximum atomic E-state index is 13.7. The number of ether oxygens (including phenoxy) is 1. The highest BCUT2D eigenvalue weighted by Gasteiger charge is 2.46. The maximum Gasteiger partial charge on any atom is 0.343 e. The van der Waals surface area contributed by atoms with Crippen LogP contribution in [0.4, 0.5) is 0 Å². The number of nitrogens with one attached hydrogen (secondary N) is 1. The number of hydrogen-bond donors (Lipinski definition) is 3. The molecule has 0 bridgehead atoms. The largest absolute Gasteiger partial charge is 0.458 e. The van der Waals surface area contributed by atoms with Crippen molar-refractivity contribution in [3.8, 4) is 11.4 Å². The molecule has 3 aromatic rings. The van der Waals surface area contributed by atoms with Crippen molar-refractivity contribution >= 4 is 28.5 Å². The molecule has 9 heteroatoms. The van der Waals surface area contributed by atoms with E-state index in [2.05, 4.69) is 5.32 Å². The molecule has 0 unspecified atom stereocenters. The molecular formula is C28H30ClN3O5. The summed E-state index contributed by atoms with van der Waals surface area (Å²) in [5.74, 6) is -0.741. The second-order valence-electron chi connectivity index (χ2n) is 11.1. The first-order chi connectivity index (χ1) is 17.4. The minimum absolute atomic E-state index is 0.0455. The zero-order valence-electron chi connectivity index (χ0n) is 21.4. The first-order valence-electron chi connectivity index (χ1n) is 12.7. The Bertz CT molecular complexity index is 1570. The highest BCUT2D eigenvalue weighted by Crippen LogP contribution is 2.46. The minimum Gasteiger partial charge on any atom is -0.458 e. The fourth-order valence-corrected chi connectivity index (χ4v) is 6.35. The van der Waals surface area contributed by atoms with Gasteiger partial charge in [-0.2, -0.15) is 0 Å². The van der Waals surface area contributed by atoms with E-state index in [-0.39, 0.29) is 24.6 Å². The molecule has 0 saturated carbocycles. The molecule has 3 N–H and O–H groups in total. The van der Waals surface area contributed by atoms with Crippen molar-refractivity contribution in [1.82, 2.24) is 14.9 Å². The molecule has 2 aromatic heterocycles. The van der Waals surface area contributed by atoms with Crippen molar-refractivity contribution in [2.24, 2.45) is 0 Å². The molecule has 2 atom stereocenters. The van der Waals surface area contributed by atoms with Crippen molar-refractivity contribution < 1.29 is 19.7 Å². The van der Waals surface area contributed by atoms with Crippen LogP contribution in [0, 0.1) is 6.92 Å². The van der Waals surface area contributed by atoms with Crippen LogP contribution in [0.1, 0.15) is 73.0 Å². The number of nitrogens with zero attached hydrogens (tertiary/aromatic N) is 2. The van der Waals surface area contributed by atoms with Gasteiger partial charge in [-0.15, -0.1) is 0 Å². The zero-order chi connectivity index (χ0) is 26.4. The number of hydrogen-bond acceptors (Lipinski definition) is 7. The van der Waals surface area contributed by atoms with E-state index in [0.717, 1.165) is 46.0 Å². The van der Waals surface area contributed by atoms with Gasteiger partial charge in [0.25, 0.3) is 5.56 Å². The minimum atomic E-state index is -1.87. The molecule has 3 aliphatic rings. The van der Waals surface area contributed by atoms with Gasteiger partial charge >= 0.3 is 5.97 Å². The summed E-state index contributed by atoms with van der Waals surface area (Å²) in [6.07, 6.45) is 1.73. The van der Waals surface area contributed by atoms with E-state index in [4.69, 9.17) is 21.3 Å². The van der Waals surface area contributed by atoms with Gasteiger partial charge in [-0.3, -0.25) is 4.79 Å². The summed E-state index contributed by atoms with van der Waals surface area (Å²) in [4.78, 5) is 31.2. The highest BCUT2D eigenvalue weighted by atomic mass is 35.5. The predicted octanol–water partition coefficient (Wildman–Crippen LogP) is 3.39. The first-order valence-corrected chi connectivity index (χ1v) is 13.1. The summed E-state index contributed by atoms with van der Waals surface area (Å²) in [5, 5.41) is 26.8. The van der Waals surface area contributed by atoms with Gasteiger partial charge < -0.3 is 24.8 Å². The third kappa shape index (κ3) is 3.50. The van der Waals surface area contributed by atoms with Crippen LogP contribution >= 0.6 is 11.6 Å².